The van der Waals surface area contributed by atoms with Gasteiger partial charge in [0.2, 0.25) is 11.8 Å². The number of fused-ring (bicyclic) bond motifs is 1. The first-order chi connectivity index (χ1) is 13.6. The predicted molar refractivity (Wildman–Crippen MR) is 107 cm³/mol. The Morgan fingerprint density at radius 3 is 2.25 bits per heavy atom. The number of carbonyl (C=O) groups is 3. The van der Waals surface area contributed by atoms with E-state index in [4.69, 9.17) is 0 Å². The topological polar surface area (TPSA) is 57.7 Å². The second-order valence-corrected chi connectivity index (χ2v) is 7.36. The lowest BCUT2D eigenvalue weighted by Gasteiger charge is -2.19. The Bertz CT molecular complexity index is 925. The van der Waals surface area contributed by atoms with Crippen molar-refractivity contribution in [2.75, 3.05) is 11.9 Å². The van der Waals surface area contributed by atoms with Gasteiger partial charge in [0.1, 0.15) is 0 Å². The highest BCUT2D eigenvalue weighted by atomic mass is 16.2. The third-order valence-electron chi connectivity index (χ3n) is 5.47. The smallest absolute Gasteiger partial charge is 0.253 e. The van der Waals surface area contributed by atoms with E-state index in [0.29, 0.717) is 30.6 Å². The van der Waals surface area contributed by atoms with E-state index in [2.05, 4.69) is 0 Å². The molecule has 2 aromatic rings. The number of allylic oxidation sites excluding steroid dienone is 2. The van der Waals surface area contributed by atoms with Crippen molar-refractivity contribution >= 4 is 23.4 Å². The molecule has 28 heavy (non-hydrogen) atoms. The predicted octanol–water partition coefficient (Wildman–Crippen LogP) is 3.41. The molecular formula is C23H22N2O3. The van der Waals surface area contributed by atoms with Crippen LogP contribution in [0.5, 0.6) is 0 Å². The van der Waals surface area contributed by atoms with Crippen molar-refractivity contribution < 1.29 is 14.4 Å². The number of hydrogen-bond acceptors (Lipinski definition) is 3. The number of carbonyl (C=O) groups excluding carboxylic acids is 3. The quantitative estimate of drug-likeness (QED) is 0.609. The maximum absolute atomic E-state index is 12.9. The maximum Gasteiger partial charge on any atom is 0.253 e. The number of imide groups is 1. The summed E-state index contributed by atoms with van der Waals surface area (Å²) in [6.07, 6.45) is 5.14. The summed E-state index contributed by atoms with van der Waals surface area (Å²) >= 11 is 0. The minimum atomic E-state index is -0.280. The average molecular weight is 374 g/mol. The minimum Gasteiger partial charge on any atom is -0.337 e. The van der Waals surface area contributed by atoms with Gasteiger partial charge < -0.3 is 4.90 Å². The number of hydrogen-bond donors (Lipinski definition) is 0. The molecule has 2 aliphatic rings. The summed E-state index contributed by atoms with van der Waals surface area (Å²) < 4.78 is 0. The van der Waals surface area contributed by atoms with E-state index in [-0.39, 0.29) is 29.6 Å². The van der Waals surface area contributed by atoms with Crippen molar-refractivity contribution in [2.45, 2.75) is 19.4 Å². The van der Waals surface area contributed by atoms with Gasteiger partial charge in [-0.2, -0.15) is 0 Å². The number of anilines is 1. The average Bonchev–Trinajstić information content (AvgIpc) is 2.99. The summed E-state index contributed by atoms with van der Waals surface area (Å²) in [6, 6.07) is 16.5. The number of rotatable bonds is 4. The van der Waals surface area contributed by atoms with E-state index >= 15 is 0 Å². The van der Waals surface area contributed by atoms with Crippen molar-refractivity contribution in [3.05, 3.63) is 77.9 Å². The summed E-state index contributed by atoms with van der Waals surface area (Å²) in [5.74, 6) is -1.04. The van der Waals surface area contributed by atoms with Gasteiger partial charge in [-0.05, 0) is 36.6 Å². The van der Waals surface area contributed by atoms with Gasteiger partial charge >= 0.3 is 0 Å². The molecule has 0 N–H and O–H groups in total. The highest BCUT2D eigenvalue weighted by Gasteiger charge is 2.47. The number of amides is 3. The second-order valence-electron chi connectivity index (χ2n) is 7.36. The van der Waals surface area contributed by atoms with E-state index in [1.54, 1.807) is 36.2 Å². The molecule has 5 heteroatoms. The molecule has 1 heterocycles. The Labute approximate surface area is 164 Å². The van der Waals surface area contributed by atoms with E-state index < -0.39 is 0 Å². The molecule has 1 aliphatic heterocycles. The van der Waals surface area contributed by atoms with Crippen LogP contribution in [0.4, 0.5) is 5.69 Å². The molecule has 0 bridgehead atoms. The lowest BCUT2D eigenvalue weighted by Crippen LogP contribution is -2.31. The van der Waals surface area contributed by atoms with Crippen molar-refractivity contribution in [1.82, 2.24) is 4.90 Å². The highest BCUT2D eigenvalue weighted by Crippen LogP contribution is 2.37. The minimum absolute atomic E-state index is 0.149. The van der Waals surface area contributed by atoms with Crippen molar-refractivity contribution in [3.8, 4) is 0 Å². The van der Waals surface area contributed by atoms with Gasteiger partial charge in [-0.3, -0.25) is 19.3 Å². The molecule has 2 aromatic carbocycles. The Kier molecular flexibility index (Phi) is 4.82. The standard InChI is InChI=1S/C23H22N2O3/c1-24(15-16-8-3-2-4-9-16)21(26)17-10-7-11-18(14-17)25-22(27)19-12-5-6-13-20(19)23(25)28/h2-11,14,19-20H,12-13,15H2,1H3/t19-,20-/m1/s1. The zero-order valence-corrected chi connectivity index (χ0v) is 15.7. The van der Waals surface area contributed by atoms with Crippen LogP contribution in [-0.4, -0.2) is 29.7 Å². The van der Waals surface area contributed by atoms with Gasteiger partial charge in [0.25, 0.3) is 5.91 Å². The molecule has 1 saturated heterocycles. The zero-order chi connectivity index (χ0) is 19.7. The van der Waals surface area contributed by atoms with Crippen LogP contribution in [0.15, 0.2) is 66.7 Å². The molecule has 0 radical (unpaired) electrons. The van der Waals surface area contributed by atoms with Crippen LogP contribution < -0.4 is 4.90 Å². The fraction of sp³-hybridized carbons (Fsp3) is 0.261. The zero-order valence-electron chi connectivity index (χ0n) is 15.7. The first kappa shape index (κ1) is 18.2. The van der Waals surface area contributed by atoms with E-state index in [1.807, 2.05) is 42.5 Å². The molecule has 142 valence electrons. The molecule has 4 rings (SSSR count). The van der Waals surface area contributed by atoms with Crippen LogP contribution in [0.2, 0.25) is 0 Å². The molecule has 1 fully saturated rings. The molecule has 2 atom stereocenters. The molecular weight excluding hydrogens is 352 g/mol. The fourth-order valence-corrected chi connectivity index (χ4v) is 3.98. The fourth-order valence-electron chi connectivity index (χ4n) is 3.98. The maximum atomic E-state index is 12.9. The van der Waals surface area contributed by atoms with Gasteiger partial charge in [-0.15, -0.1) is 0 Å². The number of benzene rings is 2. The van der Waals surface area contributed by atoms with Crippen molar-refractivity contribution in [3.63, 3.8) is 0 Å². The summed E-state index contributed by atoms with van der Waals surface area (Å²) in [7, 11) is 1.74. The first-order valence-electron chi connectivity index (χ1n) is 9.48. The summed E-state index contributed by atoms with van der Waals surface area (Å²) in [5, 5.41) is 0. The lowest BCUT2D eigenvalue weighted by atomic mass is 9.85. The van der Waals surface area contributed by atoms with Crippen LogP contribution in [0.1, 0.15) is 28.8 Å². The van der Waals surface area contributed by atoms with Crippen molar-refractivity contribution in [1.29, 1.82) is 0 Å². The van der Waals surface area contributed by atoms with E-state index in [1.165, 1.54) is 4.90 Å². The normalized spacial score (nSPS) is 21.0. The van der Waals surface area contributed by atoms with Gasteiger partial charge in [-0.25, -0.2) is 0 Å². The molecule has 0 saturated carbocycles. The molecule has 1 aliphatic carbocycles. The van der Waals surface area contributed by atoms with Crippen LogP contribution in [0.25, 0.3) is 0 Å². The molecule has 0 aromatic heterocycles. The largest absolute Gasteiger partial charge is 0.337 e. The van der Waals surface area contributed by atoms with Crippen LogP contribution >= 0.6 is 0 Å². The lowest BCUT2D eigenvalue weighted by molar-refractivity contribution is -0.122. The summed E-state index contributed by atoms with van der Waals surface area (Å²) in [4.78, 5) is 41.3. The first-order valence-corrected chi connectivity index (χ1v) is 9.48. The third-order valence-corrected chi connectivity index (χ3v) is 5.47. The van der Waals surface area contributed by atoms with Crippen LogP contribution in [-0.2, 0) is 16.1 Å². The molecule has 5 nitrogen and oxygen atoms in total. The van der Waals surface area contributed by atoms with E-state index in [9.17, 15) is 14.4 Å². The summed E-state index contributed by atoms with van der Waals surface area (Å²) in [5.41, 5.74) is 1.98. The molecule has 0 unspecified atom stereocenters. The van der Waals surface area contributed by atoms with Gasteiger partial charge in [0.05, 0.1) is 17.5 Å². The second kappa shape index (κ2) is 7.43. The van der Waals surface area contributed by atoms with Gasteiger partial charge in [0.15, 0.2) is 0 Å². The Morgan fingerprint density at radius 1 is 0.964 bits per heavy atom. The Balaban J connectivity index is 1.55. The highest BCUT2D eigenvalue weighted by molar-refractivity contribution is 6.22. The Morgan fingerprint density at radius 2 is 1.61 bits per heavy atom. The molecule has 0 spiro atoms. The van der Waals surface area contributed by atoms with Gasteiger partial charge in [-0.1, -0.05) is 48.6 Å². The van der Waals surface area contributed by atoms with E-state index in [0.717, 1.165) is 5.56 Å². The monoisotopic (exact) mass is 374 g/mol. The van der Waals surface area contributed by atoms with Crippen LogP contribution in [0.3, 0.4) is 0 Å². The van der Waals surface area contributed by atoms with Crippen LogP contribution in [0, 0.1) is 11.8 Å². The summed E-state index contributed by atoms with van der Waals surface area (Å²) in [6.45, 7) is 0.487. The van der Waals surface area contributed by atoms with Crippen molar-refractivity contribution in [2.24, 2.45) is 11.8 Å². The van der Waals surface area contributed by atoms with Gasteiger partial charge in [0, 0.05) is 19.2 Å². The SMILES string of the molecule is CN(Cc1ccccc1)C(=O)c1cccc(N2C(=O)[C@@H]3CC=CC[C@H]3C2=O)c1. The third kappa shape index (κ3) is 3.24. The molecule has 3 amide bonds. The number of nitrogens with zero attached hydrogens (tertiary/aromatic N) is 2. The Hall–Kier alpha value is -3.21.